The summed E-state index contributed by atoms with van der Waals surface area (Å²) in [6.07, 6.45) is 1.91. The van der Waals surface area contributed by atoms with Crippen molar-refractivity contribution in [3.05, 3.63) is 36.5 Å². The molecule has 0 radical (unpaired) electrons. The van der Waals surface area contributed by atoms with E-state index in [9.17, 15) is 10.2 Å². The molecule has 3 nitrogen and oxygen atoms in total. The second-order valence-corrected chi connectivity index (χ2v) is 3.24. The SMILES string of the molecule is Cn1cccc1-c1cc(O)cc(O)c1. The number of aromatic nitrogens is 1. The Morgan fingerprint density at radius 1 is 1.07 bits per heavy atom. The summed E-state index contributed by atoms with van der Waals surface area (Å²) < 4.78 is 1.92. The number of aryl methyl sites for hydroxylation is 1. The van der Waals surface area contributed by atoms with E-state index in [1.165, 1.54) is 6.07 Å². The number of nitrogens with zero attached hydrogens (tertiary/aromatic N) is 1. The van der Waals surface area contributed by atoms with E-state index in [-0.39, 0.29) is 11.5 Å². The van der Waals surface area contributed by atoms with E-state index in [1.807, 2.05) is 29.9 Å². The summed E-state index contributed by atoms with van der Waals surface area (Å²) in [5.41, 5.74) is 1.76. The molecule has 1 aromatic heterocycles. The first-order valence-electron chi connectivity index (χ1n) is 4.31. The van der Waals surface area contributed by atoms with E-state index in [4.69, 9.17) is 0 Å². The molecule has 0 saturated carbocycles. The largest absolute Gasteiger partial charge is 0.508 e. The van der Waals surface area contributed by atoms with Crippen LogP contribution >= 0.6 is 0 Å². The van der Waals surface area contributed by atoms with Crippen molar-refractivity contribution in [3.8, 4) is 22.8 Å². The van der Waals surface area contributed by atoms with Crippen LogP contribution in [0.15, 0.2) is 36.5 Å². The highest BCUT2D eigenvalue weighted by Crippen LogP contribution is 2.28. The van der Waals surface area contributed by atoms with Gasteiger partial charge in [-0.25, -0.2) is 0 Å². The molecule has 0 aliphatic carbocycles. The number of rotatable bonds is 1. The Bertz CT molecular complexity index is 440. The van der Waals surface area contributed by atoms with Crippen LogP contribution in [0, 0.1) is 0 Å². The third-order valence-corrected chi connectivity index (χ3v) is 2.14. The molecule has 2 aromatic rings. The summed E-state index contributed by atoms with van der Waals surface area (Å²) >= 11 is 0. The first-order valence-corrected chi connectivity index (χ1v) is 4.31. The Kier molecular flexibility index (Phi) is 1.93. The maximum absolute atomic E-state index is 9.31. The van der Waals surface area contributed by atoms with Crippen LogP contribution in [-0.2, 0) is 7.05 Å². The average Bonchev–Trinajstić information content (AvgIpc) is 2.49. The van der Waals surface area contributed by atoms with E-state index in [0.29, 0.717) is 0 Å². The molecule has 2 rings (SSSR count). The van der Waals surface area contributed by atoms with Crippen LogP contribution in [0.4, 0.5) is 0 Å². The lowest BCUT2D eigenvalue weighted by Crippen LogP contribution is -1.88. The van der Waals surface area contributed by atoms with Gasteiger partial charge in [0.2, 0.25) is 0 Å². The third-order valence-electron chi connectivity index (χ3n) is 2.14. The minimum absolute atomic E-state index is 0.0706. The van der Waals surface area contributed by atoms with Crippen molar-refractivity contribution in [3.63, 3.8) is 0 Å². The molecular weight excluding hydrogens is 178 g/mol. The number of aromatic hydroxyl groups is 2. The fraction of sp³-hybridized carbons (Fsp3) is 0.0909. The first-order chi connectivity index (χ1) is 6.66. The van der Waals surface area contributed by atoms with Crippen LogP contribution in [0.2, 0.25) is 0 Å². The molecule has 1 aromatic carbocycles. The molecule has 0 aliphatic rings. The molecule has 0 aliphatic heterocycles. The predicted octanol–water partition coefficient (Wildman–Crippen LogP) is 2.10. The van der Waals surface area contributed by atoms with Crippen molar-refractivity contribution in [1.82, 2.24) is 4.57 Å². The number of hydrogen-bond donors (Lipinski definition) is 2. The van der Waals surface area contributed by atoms with Gasteiger partial charge in [-0.1, -0.05) is 0 Å². The molecule has 14 heavy (non-hydrogen) atoms. The molecule has 2 N–H and O–H groups in total. The zero-order valence-corrected chi connectivity index (χ0v) is 7.81. The van der Waals surface area contributed by atoms with Crippen molar-refractivity contribution in [1.29, 1.82) is 0 Å². The number of phenols is 2. The molecular formula is C11H11NO2. The van der Waals surface area contributed by atoms with Crippen molar-refractivity contribution < 1.29 is 10.2 Å². The molecule has 0 amide bonds. The standard InChI is InChI=1S/C11H11NO2/c1-12-4-2-3-11(12)8-5-9(13)7-10(14)6-8/h2-7,13-14H,1H3. The summed E-state index contributed by atoms with van der Waals surface area (Å²) in [4.78, 5) is 0. The van der Waals surface area contributed by atoms with Crippen molar-refractivity contribution in [2.75, 3.05) is 0 Å². The molecule has 0 bridgehead atoms. The molecule has 0 unspecified atom stereocenters. The minimum Gasteiger partial charge on any atom is -0.508 e. The Hall–Kier alpha value is -1.90. The van der Waals surface area contributed by atoms with Gasteiger partial charge in [-0.3, -0.25) is 0 Å². The van der Waals surface area contributed by atoms with E-state index in [0.717, 1.165) is 11.3 Å². The van der Waals surface area contributed by atoms with Gasteiger partial charge in [-0.15, -0.1) is 0 Å². The zero-order valence-electron chi connectivity index (χ0n) is 7.81. The maximum Gasteiger partial charge on any atom is 0.119 e. The van der Waals surface area contributed by atoms with Crippen molar-refractivity contribution in [2.24, 2.45) is 7.05 Å². The zero-order chi connectivity index (χ0) is 10.1. The summed E-state index contributed by atoms with van der Waals surface area (Å²) in [6, 6.07) is 8.39. The van der Waals surface area contributed by atoms with Gasteiger partial charge in [-0.05, 0) is 24.3 Å². The second-order valence-electron chi connectivity index (χ2n) is 3.24. The molecule has 1 heterocycles. The van der Waals surface area contributed by atoms with Crippen LogP contribution in [0.25, 0.3) is 11.3 Å². The second kappa shape index (κ2) is 3.10. The van der Waals surface area contributed by atoms with Crippen LogP contribution in [0.3, 0.4) is 0 Å². The van der Waals surface area contributed by atoms with Gasteiger partial charge < -0.3 is 14.8 Å². The number of hydrogen-bond acceptors (Lipinski definition) is 2. The molecule has 0 atom stereocenters. The van der Waals surface area contributed by atoms with Crippen LogP contribution < -0.4 is 0 Å². The Balaban J connectivity index is 2.57. The Morgan fingerprint density at radius 3 is 2.21 bits per heavy atom. The predicted molar refractivity (Wildman–Crippen MR) is 54.2 cm³/mol. The fourth-order valence-electron chi connectivity index (χ4n) is 1.50. The highest BCUT2D eigenvalue weighted by molar-refractivity contribution is 5.64. The van der Waals surface area contributed by atoms with Gasteiger partial charge in [0.1, 0.15) is 11.5 Å². The summed E-state index contributed by atoms with van der Waals surface area (Å²) in [5.74, 6) is 0.141. The van der Waals surface area contributed by atoms with E-state index in [1.54, 1.807) is 12.1 Å². The first kappa shape index (κ1) is 8.69. The highest BCUT2D eigenvalue weighted by Gasteiger charge is 2.04. The van der Waals surface area contributed by atoms with Gasteiger partial charge in [0.05, 0.1) is 0 Å². The van der Waals surface area contributed by atoms with Gasteiger partial charge in [-0.2, -0.15) is 0 Å². The van der Waals surface area contributed by atoms with E-state index in [2.05, 4.69) is 0 Å². The molecule has 0 saturated heterocycles. The quantitative estimate of drug-likeness (QED) is 0.721. The molecule has 0 spiro atoms. The molecule has 72 valence electrons. The molecule has 0 fully saturated rings. The Labute approximate surface area is 81.9 Å². The lowest BCUT2D eigenvalue weighted by Gasteiger charge is -2.04. The maximum atomic E-state index is 9.31. The normalized spacial score (nSPS) is 10.4. The van der Waals surface area contributed by atoms with Gasteiger partial charge in [0.15, 0.2) is 0 Å². The van der Waals surface area contributed by atoms with Crippen LogP contribution in [-0.4, -0.2) is 14.8 Å². The highest BCUT2D eigenvalue weighted by atomic mass is 16.3. The summed E-state index contributed by atoms with van der Waals surface area (Å²) in [6.45, 7) is 0. The summed E-state index contributed by atoms with van der Waals surface area (Å²) in [7, 11) is 1.91. The van der Waals surface area contributed by atoms with Gasteiger partial charge >= 0.3 is 0 Å². The number of benzene rings is 1. The summed E-state index contributed by atoms with van der Waals surface area (Å²) in [5, 5.41) is 18.6. The third kappa shape index (κ3) is 1.44. The molecule has 3 heteroatoms. The van der Waals surface area contributed by atoms with E-state index >= 15 is 0 Å². The van der Waals surface area contributed by atoms with Gasteiger partial charge in [0.25, 0.3) is 0 Å². The van der Waals surface area contributed by atoms with Crippen molar-refractivity contribution in [2.45, 2.75) is 0 Å². The lowest BCUT2D eigenvalue weighted by atomic mass is 10.1. The van der Waals surface area contributed by atoms with Crippen LogP contribution in [0.5, 0.6) is 11.5 Å². The monoisotopic (exact) mass is 189 g/mol. The van der Waals surface area contributed by atoms with Crippen molar-refractivity contribution >= 4 is 0 Å². The average molecular weight is 189 g/mol. The lowest BCUT2D eigenvalue weighted by molar-refractivity contribution is 0.451. The van der Waals surface area contributed by atoms with Gasteiger partial charge in [0, 0.05) is 30.6 Å². The Morgan fingerprint density at radius 2 is 1.71 bits per heavy atom. The smallest absolute Gasteiger partial charge is 0.119 e. The number of phenolic OH excluding ortho intramolecular Hbond substituents is 2. The topological polar surface area (TPSA) is 45.4 Å². The van der Waals surface area contributed by atoms with Crippen LogP contribution in [0.1, 0.15) is 0 Å². The fourth-order valence-corrected chi connectivity index (χ4v) is 1.50. The minimum atomic E-state index is 0.0706. The van der Waals surface area contributed by atoms with E-state index < -0.39 is 0 Å².